The molecule has 4 heteroatoms. The predicted molar refractivity (Wildman–Crippen MR) is 73.9 cm³/mol. The Morgan fingerprint density at radius 1 is 1.59 bits per heavy atom. The van der Waals surface area contributed by atoms with E-state index >= 15 is 0 Å². The van der Waals surface area contributed by atoms with Gasteiger partial charge in [-0.1, -0.05) is 12.1 Å². The molecule has 1 aliphatic rings. The number of thioether (sulfide) groups is 1. The monoisotopic (exact) mass is 318 g/mol. The Bertz CT molecular complexity index is 404. The van der Waals surface area contributed by atoms with Gasteiger partial charge in [0.25, 0.3) is 0 Å². The predicted octanol–water partition coefficient (Wildman–Crippen LogP) is 3.78. The summed E-state index contributed by atoms with van der Waals surface area (Å²) in [4.78, 5) is 0. The van der Waals surface area contributed by atoms with E-state index in [-0.39, 0.29) is 10.6 Å². The van der Waals surface area contributed by atoms with Gasteiger partial charge in [0.1, 0.15) is 5.82 Å². The number of halogens is 2. The zero-order valence-corrected chi connectivity index (χ0v) is 12.2. The molecule has 1 fully saturated rings. The van der Waals surface area contributed by atoms with Crippen LogP contribution in [0.25, 0.3) is 0 Å². The maximum Gasteiger partial charge on any atom is 0.137 e. The van der Waals surface area contributed by atoms with E-state index < -0.39 is 6.10 Å². The van der Waals surface area contributed by atoms with Gasteiger partial charge in [-0.3, -0.25) is 0 Å². The lowest BCUT2D eigenvalue weighted by molar-refractivity contribution is 0.133. The number of aliphatic hydroxyl groups is 1. The van der Waals surface area contributed by atoms with Crippen LogP contribution in [-0.2, 0) is 6.42 Å². The number of benzene rings is 1. The smallest absolute Gasteiger partial charge is 0.137 e. The highest BCUT2D eigenvalue weighted by Crippen LogP contribution is 2.41. The van der Waals surface area contributed by atoms with Crippen molar-refractivity contribution in [3.05, 3.63) is 34.1 Å². The van der Waals surface area contributed by atoms with E-state index in [1.165, 1.54) is 6.07 Å². The average molecular weight is 319 g/mol. The van der Waals surface area contributed by atoms with E-state index in [2.05, 4.69) is 22.9 Å². The van der Waals surface area contributed by atoms with Crippen molar-refractivity contribution in [3.63, 3.8) is 0 Å². The minimum absolute atomic E-state index is 0.0776. The maximum absolute atomic E-state index is 13.4. The summed E-state index contributed by atoms with van der Waals surface area (Å²) in [7, 11) is 0. The second-order valence-corrected chi connectivity index (χ2v) is 7.12. The first-order valence-electron chi connectivity index (χ1n) is 5.78. The molecule has 0 amide bonds. The molecular formula is C13H16BrFOS. The molecule has 17 heavy (non-hydrogen) atoms. The molecule has 94 valence electrons. The Morgan fingerprint density at radius 2 is 2.35 bits per heavy atom. The zero-order chi connectivity index (χ0) is 12.5. The Labute approximate surface area is 114 Å². The summed E-state index contributed by atoms with van der Waals surface area (Å²) in [5.41, 5.74) is 0.839. The third-order valence-corrected chi connectivity index (χ3v) is 5.92. The Hall–Kier alpha value is -0.0600. The van der Waals surface area contributed by atoms with Crippen LogP contribution in [0.3, 0.4) is 0 Å². The van der Waals surface area contributed by atoms with E-state index in [0.29, 0.717) is 10.9 Å². The molecule has 1 nitrogen and oxygen atoms in total. The highest BCUT2D eigenvalue weighted by molar-refractivity contribution is 9.10. The molecule has 0 aromatic heterocycles. The molecule has 1 aromatic carbocycles. The van der Waals surface area contributed by atoms with Crippen molar-refractivity contribution in [3.8, 4) is 0 Å². The van der Waals surface area contributed by atoms with Crippen LogP contribution in [0.2, 0.25) is 0 Å². The van der Waals surface area contributed by atoms with Crippen LogP contribution in [0, 0.1) is 5.82 Å². The molecule has 0 bridgehead atoms. The summed E-state index contributed by atoms with van der Waals surface area (Å²) in [6, 6.07) is 4.97. The lowest BCUT2D eigenvalue weighted by Crippen LogP contribution is -2.35. The molecule has 1 aromatic rings. The van der Waals surface area contributed by atoms with Gasteiger partial charge in [0.05, 0.1) is 10.6 Å². The second kappa shape index (κ2) is 5.29. The summed E-state index contributed by atoms with van der Waals surface area (Å²) in [6.45, 7) is 2.10. The van der Waals surface area contributed by atoms with Gasteiger partial charge in [-0.2, -0.15) is 11.8 Å². The third kappa shape index (κ3) is 2.85. The van der Waals surface area contributed by atoms with Crippen LogP contribution in [0.5, 0.6) is 0 Å². The van der Waals surface area contributed by atoms with Crippen molar-refractivity contribution < 1.29 is 9.50 Å². The first-order chi connectivity index (χ1) is 8.03. The lowest BCUT2D eigenvalue weighted by atomic mass is 9.93. The highest BCUT2D eigenvalue weighted by atomic mass is 79.9. The molecule has 0 radical (unpaired) electrons. The lowest BCUT2D eigenvalue weighted by Gasteiger charge is -2.29. The van der Waals surface area contributed by atoms with Crippen molar-refractivity contribution in [2.75, 3.05) is 5.75 Å². The van der Waals surface area contributed by atoms with Gasteiger partial charge in [0.2, 0.25) is 0 Å². The van der Waals surface area contributed by atoms with E-state index in [4.69, 9.17) is 0 Å². The first-order valence-corrected chi connectivity index (χ1v) is 7.56. The number of aliphatic hydroxyl groups excluding tert-OH is 1. The minimum atomic E-state index is -0.423. The summed E-state index contributed by atoms with van der Waals surface area (Å²) in [6.07, 6.45) is 2.27. The van der Waals surface area contributed by atoms with Crippen molar-refractivity contribution in [1.82, 2.24) is 0 Å². The molecule has 1 N–H and O–H groups in total. The van der Waals surface area contributed by atoms with Gasteiger partial charge in [-0.15, -0.1) is 0 Å². The zero-order valence-electron chi connectivity index (χ0n) is 9.75. The Kier molecular flexibility index (Phi) is 4.16. The van der Waals surface area contributed by atoms with E-state index in [1.54, 1.807) is 6.07 Å². The number of hydrogen-bond acceptors (Lipinski definition) is 2. The van der Waals surface area contributed by atoms with Gasteiger partial charge < -0.3 is 5.11 Å². The number of hydrogen-bond donors (Lipinski definition) is 1. The van der Waals surface area contributed by atoms with Crippen LogP contribution >= 0.6 is 27.7 Å². The SMILES string of the molecule is CC1(C(O)Cc2cccc(F)c2Br)CCCS1. The van der Waals surface area contributed by atoms with Crippen molar-refractivity contribution in [2.45, 2.75) is 37.0 Å². The van der Waals surface area contributed by atoms with E-state index in [9.17, 15) is 9.50 Å². The summed E-state index contributed by atoms with van der Waals surface area (Å²) in [5, 5.41) is 10.3. The Balaban J connectivity index is 2.12. The van der Waals surface area contributed by atoms with Crippen LogP contribution in [0.1, 0.15) is 25.3 Å². The third-order valence-electron chi connectivity index (χ3n) is 3.40. The second-order valence-electron chi connectivity index (χ2n) is 4.70. The molecule has 1 saturated heterocycles. The standard InChI is InChI=1S/C13H16BrFOS/c1-13(6-3-7-17-13)11(16)8-9-4-2-5-10(15)12(9)14/h2,4-5,11,16H,3,6-8H2,1H3. The fourth-order valence-corrected chi connectivity index (χ4v) is 3.94. The average Bonchev–Trinajstić information content (AvgIpc) is 2.73. The van der Waals surface area contributed by atoms with Gasteiger partial charge in [-0.25, -0.2) is 4.39 Å². The molecular weight excluding hydrogens is 303 g/mol. The van der Waals surface area contributed by atoms with Gasteiger partial charge in [0, 0.05) is 11.2 Å². The van der Waals surface area contributed by atoms with Gasteiger partial charge in [-0.05, 0) is 53.1 Å². The van der Waals surface area contributed by atoms with Crippen LogP contribution < -0.4 is 0 Å². The minimum Gasteiger partial charge on any atom is -0.391 e. The molecule has 0 spiro atoms. The first kappa shape index (κ1) is 13.4. The highest BCUT2D eigenvalue weighted by Gasteiger charge is 2.37. The van der Waals surface area contributed by atoms with Gasteiger partial charge >= 0.3 is 0 Å². The maximum atomic E-state index is 13.4. The quantitative estimate of drug-likeness (QED) is 0.915. The Morgan fingerprint density at radius 3 is 3.00 bits per heavy atom. The topological polar surface area (TPSA) is 20.2 Å². The van der Waals surface area contributed by atoms with Gasteiger partial charge in [0.15, 0.2) is 0 Å². The molecule has 1 aliphatic heterocycles. The number of rotatable bonds is 3. The molecule has 2 rings (SSSR count). The normalized spacial score (nSPS) is 26.1. The fraction of sp³-hybridized carbons (Fsp3) is 0.538. The molecule has 2 atom stereocenters. The largest absolute Gasteiger partial charge is 0.391 e. The fourth-order valence-electron chi connectivity index (χ4n) is 2.19. The molecule has 0 saturated carbocycles. The summed E-state index contributed by atoms with van der Waals surface area (Å²) >= 11 is 5.06. The molecule has 0 aliphatic carbocycles. The molecule has 1 heterocycles. The van der Waals surface area contributed by atoms with Crippen molar-refractivity contribution in [1.29, 1.82) is 0 Å². The van der Waals surface area contributed by atoms with Crippen molar-refractivity contribution >= 4 is 27.7 Å². The van der Waals surface area contributed by atoms with Crippen LogP contribution in [0.15, 0.2) is 22.7 Å². The van der Waals surface area contributed by atoms with Crippen LogP contribution in [0.4, 0.5) is 4.39 Å². The van der Waals surface area contributed by atoms with Crippen molar-refractivity contribution in [2.24, 2.45) is 0 Å². The van der Waals surface area contributed by atoms with E-state index in [1.807, 2.05) is 17.8 Å². The summed E-state index contributed by atoms with van der Waals surface area (Å²) < 4.78 is 13.8. The molecule has 2 unspecified atom stereocenters. The summed E-state index contributed by atoms with van der Waals surface area (Å²) in [5.74, 6) is 0.844. The van der Waals surface area contributed by atoms with E-state index in [0.717, 1.165) is 24.2 Å². The van der Waals surface area contributed by atoms with Crippen LogP contribution in [-0.4, -0.2) is 21.7 Å².